The number of aromatic nitrogens is 2. The quantitative estimate of drug-likeness (QED) is 0.930. The lowest BCUT2D eigenvalue weighted by atomic mass is 9.83. The standard InChI is InChI=1S/C17H23N3/c1-12-17(10-18)13(2)20(19-12)11-15-8-5-7-14-6-3-4-9-16(14)15/h3-4,6,9,15H,5,7-8,10-11,18H2,1-2H3. The molecule has 1 unspecified atom stereocenters. The third-order valence-corrected chi connectivity index (χ3v) is 4.62. The van der Waals surface area contributed by atoms with Crippen LogP contribution >= 0.6 is 0 Å². The van der Waals surface area contributed by atoms with E-state index in [0.717, 1.165) is 12.2 Å². The lowest BCUT2D eigenvalue weighted by molar-refractivity contribution is 0.450. The molecule has 3 heteroatoms. The fraction of sp³-hybridized carbons (Fsp3) is 0.471. The Kier molecular flexibility index (Phi) is 3.62. The number of hydrogen-bond acceptors (Lipinski definition) is 2. The summed E-state index contributed by atoms with van der Waals surface area (Å²) in [4.78, 5) is 0. The molecular weight excluding hydrogens is 246 g/mol. The van der Waals surface area contributed by atoms with Crippen LogP contribution in [-0.4, -0.2) is 9.78 Å². The maximum absolute atomic E-state index is 5.82. The number of aryl methyl sites for hydroxylation is 2. The smallest absolute Gasteiger partial charge is 0.0641 e. The number of benzene rings is 1. The Morgan fingerprint density at radius 3 is 2.85 bits per heavy atom. The summed E-state index contributed by atoms with van der Waals surface area (Å²) < 4.78 is 2.16. The van der Waals surface area contributed by atoms with Gasteiger partial charge in [-0.15, -0.1) is 0 Å². The van der Waals surface area contributed by atoms with Crippen molar-refractivity contribution in [3.8, 4) is 0 Å². The average molecular weight is 269 g/mol. The molecule has 3 nitrogen and oxygen atoms in total. The third-order valence-electron chi connectivity index (χ3n) is 4.62. The summed E-state index contributed by atoms with van der Waals surface area (Å²) in [6, 6.07) is 8.86. The van der Waals surface area contributed by atoms with E-state index in [1.165, 1.54) is 41.6 Å². The molecule has 2 N–H and O–H groups in total. The Morgan fingerprint density at radius 2 is 2.10 bits per heavy atom. The molecule has 0 saturated heterocycles. The second-order valence-corrected chi connectivity index (χ2v) is 5.82. The van der Waals surface area contributed by atoms with Crippen molar-refractivity contribution in [2.24, 2.45) is 5.73 Å². The topological polar surface area (TPSA) is 43.8 Å². The Hall–Kier alpha value is -1.61. The largest absolute Gasteiger partial charge is 0.326 e. The highest BCUT2D eigenvalue weighted by Gasteiger charge is 2.21. The van der Waals surface area contributed by atoms with E-state index in [9.17, 15) is 0 Å². The van der Waals surface area contributed by atoms with E-state index in [-0.39, 0.29) is 0 Å². The fourth-order valence-corrected chi connectivity index (χ4v) is 3.46. The van der Waals surface area contributed by atoms with Gasteiger partial charge in [-0.25, -0.2) is 0 Å². The summed E-state index contributed by atoms with van der Waals surface area (Å²) in [6.07, 6.45) is 3.76. The molecule has 0 aliphatic heterocycles. The Morgan fingerprint density at radius 1 is 1.30 bits per heavy atom. The van der Waals surface area contributed by atoms with Crippen molar-refractivity contribution in [1.29, 1.82) is 0 Å². The van der Waals surface area contributed by atoms with Gasteiger partial charge in [0.15, 0.2) is 0 Å². The van der Waals surface area contributed by atoms with Gasteiger partial charge in [-0.1, -0.05) is 24.3 Å². The molecule has 2 aromatic rings. The lowest BCUT2D eigenvalue weighted by Gasteiger charge is -2.25. The van der Waals surface area contributed by atoms with Gasteiger partial charge in [0.1, 0.15) is 0 Å². The molecular formula is C17H23N3. The summed E-state index contributed by atoms with van der Waals surface area (Å²) in [7, 11) is 0. The van der Waals surface area contributed by atoms with E-state index in [0.29, 0.717) is 12.5 Å². The number of fused-ring (bicyclic) bond motifs is 1. The first-order valence-electron chi connectivity index (χ1n) is 7.51. The van der Waals surface area contributed by atoms with Gasteiger partial charge in [0.2, 0.25) is 0 Å². The molecule has 1 atom stereocenters. The number of nitrogens with two attached hydrogens (primary N) is 1. The van der Waals surface area contributed by atoms with Crippen LogP contribution in [0.3, 0.4) is 0 Å². The Bertz CT molecular complexity index is 613. The van der Waals surface area contributed by atoms with Crippen LogP contribution in [0.5, 0.6) is 0 Å². The van der Waals surface area contributed by atoms with E-state index in [4.69, 9.17) is 5.73 Å². The fourth-order valence-electron chi connectivity index (χ4n) is 3.46. The molecule has 1 aliphatic carbocycles. The van der Waals surface area contributed by atoms with Crippen molar-refractivity contribution in [1.82, 2.24) is 9.78 Å². The molecule has 1 heterocycles. The van der Waals surface area contributed by atoms with Gasteiger partial charge >= 0.3 is 0 Å². The maximum Gasteiger partial charge on any atom is 0.0641 e. The van der Waals surface area contributed by atoms with Crippen molar-refractivity contribution >= 4 is 0 Å². The summed E-state index contributed by atoms with van der Waals surface area (Å²) >= 11 is 0. The van der Waals surface area contributed by atoms with Gasteiger partial charge in [-0.2, -0.15) is 5.10 Å². The Balaban J connectivity index is 1.89. The van der Waals surface area contributed by atoms with Gasteiger partial charge in [0.25, 0.3) is 0 Å². The first-order valence-corrected chi connectivity index (χ1v) is 7.51. The van der Waals surface area contributed by atoms with Crippen LogP contribution in [0, 0.1) is 13.8 Å². The van der Waals surface area contributed by atoms with Crippen molar-refractivity contribution < 1.29 is 0 Å². The second-order valence-electron chi connectivity index (χ2n) is 5.82. The van der Waals surface area contributed by atoms with Crippen LogP contribution in [0.1, 0.15) is 46.8 Å². The normalized spacial score (nSPS) is 18.1. The number of rotatable bonds is 3. The van der Waals surface area contributed by atoms with E-state index in [2.05, 4.69) is 47.9 Å². The molecule has 1 aliphatic rings. The molecule has 0 saturated carbocycles. The summed E-state index contributed by atoms with van der Waals surface area (Å²) in [5.74, 6) is 0.587. The van der Waals surface area contributed by atoms with Crippen LogP contribution in [-0.2, 0) is 19.5 Å². The molecule has 0 fully saturated rings. The molecule has 1 aromatic carbocycles. The van der Waals surface area contributed by atoms with Gasteiger partial charge in [0.05, 0.1) is 5.69 Å². The van der Waals surface area contributed by atoms with Crippen molar-refractivity contribution in [3.05, 3.63) is 52.3 Å². The van der Waals surface area contributed by atoms with E-state index in [1.807, 2.05) is 0 Å². The van der Waals surface area contributed by atoms with Gasteiger partial charge in [-0.3, -0.25) is 4.68 Å². The summed E-state index contributed by atoms with van der Waals surface area (Å²) in [5, 5.41) is 4.68. The molecule has 3 rings (SSSR count). The zero-order chi connectivity index (χ0) is 14.1. The van der Waals surface area contributed by atoms with Crippen LogP contribution in [0.4, 0.5) is 0 Å². The van der Waals surface area contributed by atoms with Gasteiger partial charge in [0, 0.05) is 30.3 Å². The number of hydrogen-bond donors (Lipinski definition) is 1. The predicted octanol–water partition coefficient (Wildman–Crippen LogP) is 3.08. The minimum absolute atomic E-state index is 0.582. The molecule has 0 spiro atoms. The third kappa shape index (κ3) is 2.27. The van der Waals surface area contributed by atoms with Crippen LogP contribution < -0.4 is 5.73 Å². The van der Waals surface area contributed by atoms with Crippen molar-refractivity contribution in [3.63, 3.8) is 0 Å². The average Bonchev–Trinajstić information content (AvgIpc) is 2.73. The predicted molar refractivity (Wildman–Crippen MR) is 81.7 cm³/mol. The van der Waals surface area contributed by atoms with E-state index in [1.54, 1.807) is 0 Å². The van der Waals surface area contributed by atoms with Crippen LogP contribution in [0.25, 0.3) is 0 Å². The van der Waals surface area contributed by atoms with E-state index >= 15 is 0 Å². The van der Waals surface area contributed by atoms with Gasteiger partial charge < -0.3 is 5.73 Å². The minimum Gasteiger partial charge on any atom is -0.326 e. The van der Waals surface area contributed by atoms with Crippen LogP contribution in [0.15, 0.2) is 24.3 Å². The van der Waals surface area contributed by atoms with Gasteiger partial charge in [-0.05, 0) is 44.2 Å². The molecule has 0 amide bonds. The van der Waals surface area contributed by atoms with E-state index < -0.39 is 0 Å². The second kappa shape index (κ2) is 5.41. The van der Waals surface area contributed by atoms with Crippen molar-refractivity contribution in [2.45, 2.75) is 52.1 Å². The lowest BCUT2D eigenvalue weighted by Crippen LogP contribution is -2.17. The maximum atomic E-state index is 5.82. The molecule has 0 bridgehead atoms. The highest BCUT2D eigenvalue weighted by atomic mass is 15.3. The highest BCUT2D eigenvalue weighted by molar-refractivity contribution is 5.33. The SMILES string of the molecule is Cc1nn(CC2CCCc3ccccc32)c(C)c1CN. The molecule has 1 aromatic heterocycles. The zero-order valence-corrected chi connectivity index (χ0v) is 12.4. The zero-order valence-electron chi connectivity index (χ0n) is 12.4. The highest BCUT2D eigenvalue weighted by Crippen LogP contribution is 2.33. The number of nitrogens with zero attached hydrogens (tertiary/aromatic N) is 2. The first kappa shape index (κ1) is 13.4. The molecule has 0 radical (unpaired) electrons. The monoisotopic (exact) mass is 269 g/mol. The molecule has 20 heavy (non-hydrogen) atoms. The first-order chi connectivity index (χ1) is 9.70. The van der Waals surface area contributed by atoms with Crippen LogP contribution in [0.2, 0.25) is 0 Å². The summed E-state index contributed by atoms with van der Waals surface area (Å²) in [6.45, 7) is 5.75. The Labute approximate surface area is 120 Å². The molecule has 106 valence electrons. The van der Waals surface area contributed by atoms with Crippen molar-refractivity contribution in [2.75, 3.05) is 0 Å². The summed E-state index contributed by atoms with van der Waals surface area (Å²) in [5.41, 5.74) is 12.4. The minimum atomic E-state index is 0.582.